The van der Waals surface area contributed by atoms with E-state index in [-0.39, 0.29) is 11.3 Å². The number of hydrogen-bond donors (Lipinski definition) is 2. The van der Waals surface area contributed by atoms with Crippen LogP contribution in [0.15, 0.2) is 30.3 Å². The Balaban J connectivity index is 2.29. The fraction of sp³-hybridized carbons (Fsp3) is 0.0769. The number of halogens is 1. The summed E-state index contributed by atoms with van der Waals surface area (Å²) in [5, 5.41) is 11.5. The zero-order valence-electron chi connectivity index (χ0n) is 9.74. The fourth-order valence-corrected chi connectivity index (χ4v) is 1.47. The van der Waals surface area contributed by atoms with Gasteiger partial charge in [0.05, 0.1) is 28.7 Å². The summed E-state index contributed by atoms with van der Waals surface area (Å²) in [7, 11) is 0. The number of nitriles is 1. The third kappa shape index (κ3) is 2.38. The second kappa shape index (κ2) is 4.72. The molecule has 0 radical (unpaired) electrons. The molecule has 0 aliphatic rings. The maximum Gasteiger partial charge on any atom is 0.147 e. The molecule has 0 atom stereocenters. The number of benzene rings is 1. The van der Waals surface area contributed by atoms with Crippen molar-refractivity contribution < 1.29 is 4.39 Å². The van der Waals surface area contributed by atoms with Crippen LogP contribution in [0.3, 0.4) is 0 Å². The summed E-state index contributed by atoms with van der Waals surface area (Å²) < 4.78 is 13.6. The molecule has 1 aromatic carbocycles. The van der Waals surface area contributed by atoms with Crippen molar-refractivity contribution in [3.8, 4) is 6.07 Å². The van der Waals surface area contributed by atoms with Crippen LogP contribution in [-0.4, -0.2) is 4.98 Å². The number of aromatic nitrogens is 1. The Labute approximate surface area is 104 Å². The van der Waals surface area contributed by atoms with Gasteiger partial charge in [-0.05, 0) is 37.3 Å². The highest BCUT2D eigenvalue weighted by Gasteiger charge is 2.05. The molecule has 0 bridgehead atoms. The molecule has 0 saturated carbocycles. The molecule has 0 aliphatic heterocycles. The molecular weight excluding hydrogens is 231 g/mol. The van der Waals surface area contributed by atoms with Gasteiger partial charge in [0.2, 0.25) is 0 Å². The maximum atomic E-state index is 13.6. The SMILES string of the molecule is Cc1nc(Nc2ccc(C#N)cc2F)ccc1N. The van der Waals surface area contributed by atoms with Crippen LogP contribution in [0.5, 0.6) is 0 Å². The van der Waals surface area contributed by atoms with Gasteiger partial charge in [-0.25, -0.2) is 9.37 Å². The van der Waals surface area contributed by atoms with Crippen molar-refractivity contribution in [1.29, 1.82) is 5.26 Å². The van der Waals surface area contributed by atoms with Crippen molar-refractivity contribution in [2.75, 3.05) is 11.1 Å². The molecule has 2 rings (SSSR count). The minimum Gasteiger partial charge on any atom is -0.397 e. The Bertz CT molecular complexity index is 631. The maximum absolute atomic E-state index is 13.6. The van der Waals surface area contributed by atoms with Crippen LogP contribution in [0, 0.1) is 24.1 Å². The van der Waals surface area contributed by atoms with Crippen LogP contribution in [-0.2, 0) is 0 Å². The van der Waals surface area contributed by atoms with Gasteiger partial charge in [0.25, 0.3) is 0 Å². The summed E-state index contributed by atoms with van der Waals surface area (Å²) >= 11 is 0. The van der Waals surface area contributed by atoms with Crippen molar-refractivity contribution in [3.05, 3.63) is 47.4 Å². The second-order valence-corrected chi connectivity index (χ2v) is 3.80. The lowest BCUT2D eigenvalue weighted by atomic mass is 10.2. The normalized spacial score (nSPS) is 9.83. The predicted molar refractivity (Wildman–Crippen MR) is 67.8 cm³/mol. The van der Waals surface area contributed by atoms with Crippen molar-refractivity contribution in [1.82, 2.24) is 4.98 Å². The standard InChI is InChI=1S/C13H11FN4/c1-8-11(16)3-5-13(17-8)18-12-4-2-9(7-15)6-10(12)14/h2-6H,16H2,1H3,(H,17,18). The smallest absolute Gasteiger partial charge is 0.147 e. The van der Waals surface area contributed by atoms with Gasteiger partial charge in [0.1, 0.15) is 11.6 Å². The molecule has 2 aromatic rings. The Kier molecular flexibility index (Phi) is 3.11. The number of pyridine rings is 1. The van der Waals surface area contributed by atoms with Gasteiger partial charge in [-0.1, -0.05) is 0 Å². The minimum absolute atomic E-state index is 0.269. The van der Waals surface area contributed by atoms with Crippen LogP contribution in [0.2, 0.25) is 0 Å². The highest BCUT2D eigenvalue weighted by Crippen LogP contribution is 2.21. The lowest BCUT2D eigenvalue weighted by Gasteiger charge is -2.08. The molecule has 1 heterocycles. The van der Waals surface area contributed by atoms with E-state index >= 15 is 0 Å². The average Bonchev–Trinajstić information content (AvgIpc) is 2.36. The van der Waals surface area contributed by atoms with E-state index in [1.165, 1.54) is 18.2 Å². The van der Waals surface area contributed by atoms with E-state index in [0.717, 1.165) is 0 Å². The topological polar surface area (TPSA) is 74.7 Å². The molecule has 0 spiro atoms. The second-order valence-electron chi connectivity index (χ2n) is 3.80. The summed E-state index contributed by atoms with van der Waals surface area (Å²) in [6.07, 6.45) is 0. The molecule has 0 saturated heterocycles. The van der Waals surface area contributed by atoms with Crippen molar-refractivity contribution in [2.45, 2.75) is 6.92 Å². The monoisotopic (exact) mass is 242 g/mol. The van der Waals surface area contributed by atoms with Crippen molar-refractivity contribution >= 4 is 17.2 Å². The number of anilines is 3. The number of nitrogens with two attached hydrogens (primary N) is 1. The molecule has 0 unspecified atom stereocenters. The van der Waals surface area contributed by atoms with Crippen LogP contribution in [0.25, 0.3) is 0 Å². The van der Waals surface area contributed by atoms with Gasteiger partial charge < -0.3 is 11.1 Å². The molecule has 1 aromatic heterocycles. The van der Waals surface area contributed by atoms with Crippen LogP contribution in [0.1, 0.15) is 11.3 Å². The Morgan fingerprint density at radius 3 is 2.72 bits per heavy atom. The van der Waals surface area contributed by atoms with Crippen LogP contribution >= 0.6 is 0 Å². The zero-order chi connectivity index (χ0) is 13.1. The van der Waals surface area contributed by atoms with Gasteiger partial charge >= 0.3 is 0 Å². The number of nitrogens with one attached hydrogen (secondary N) is 1. The molecule has 3 N–H and O–H groups in total. The van der Waals surface area contributed by atoms with Gasteiger partial charge in [-0.2, -0.15) is 5.26 Å². The highest BCUT2D eigenvalue weighted by molar-refractivity contribution is 5.60. The zero-order valence-corrected chi connectivity index (χ0v) is 9.74. The van der Waals surface area contributed by atoms with Crippen LogP contribution in [0.4, 0.5) is 21.6 Å². The number of hydrogen-bond acceptors (Lipinski definition) is 4. The van der Waals surface area contributed by atoms with E-state index in [2.05, 4.69) is 10.3 Å². The Hall–Kier alpha value is -2.61. The Morgan fingerprint density at radius 1 is 1.33 bits per heavy atom. The van der Waals surface area contributed by atoms with E-state index in [1.807, 2.05) is 6.07 Å². The highest BCUT2D eigenvalue weighted by atomic mass is 19.1. The van der Waals surface area contributed by atoms with E-state index in [1.54, 1.807) is 19.1 Å². The summed E-state index contributed by atoms with van der Waals surface area (Å²) in [5.41, 5.74) is 7.46. The first-order chi connectivity index (χ1) is 8.60. The van der Waals surface area contributed by atoms with Gasteiger partial charge in [-0.15, -0.1) is 0 Å². The first-order valence-electron chi connectivity index (χ1n) is 5.30. The van der Waals surface area contributed by atoms with E-state index in [4.69, 9.17) is 11.0 Å². The summed E-state index contributed by atoms with van der Waals surface area (Å²) in [5.74, 6) is 0.00985. The quantitative estimate of drug-likeness (QED) is 0.849. The Morgan fingerprint density at radius 2 is 2.11 bits per heavy atom. The number of rotatable bonds is 2. The number of nitrogens with zero attached hydrogens (tertiary/aromatic N) is 2. The third-order valence-corrected chi connectivity index (χ3v) is 2.49. The van der Waals surface area contributed by atoms with Gasteiger partial charge in [-0.3, -0.25) is 0 Å². The first kappa shape index (κ1) is 11.9. The molecule has 90 valence electrons. The summed E-state index contributed by atoms with van der Waals surface area (Å²) in [4.78, 5) is 4.18. The predicted octanol–water partition coefficient (Wildman–Crippen LogP) is 2.73. The largest absolute Gasteiger partial charge is 0.397 e. The van der Waals surface area contributed by atoms with Crippen LogP contribution < -0.4 is 11.1 Å². The first-order valence-corrected chi connectivity index (χ1v) is 5.30. The number of aryl methyl sites for hydroxylation is 1. The molecule has 0 amide bonds. The van der Waals surface area contributed by atoms with Crippen molar-refractivity contribution in [3.63, 3.8) is 0 Å². The summed E-state index contributed by atoms with van der Waals surface area (Å²) in [6, 6.07) is 9.45. The average molecular weight is 242 g/mol. The number of nitrogen functional groups attached to an aromatic ring is 1. The van der Waals surface area contributed by atoms with Gasteiger partial charge in [0.15, 0.2) is 0 Å². The molecular formula is C13H11FN4. The third-order valence-electron chi connectivity index (χ3n) is 2.49. The molecule has 5 heteroatoms. The fourth-order valence-electron chi connectivity index (χ4n) is 1.47. The van der Waals surface area contributed by atoms with Crippen molar-refractivity contribution in [2.24, 2.45) is 0 Å². The van der Waals surface area contributed by atoms with Gasteiger partial charge in [0, 0.05) is 0 Å². The van der Waals surface area contributed by atoms with E-state index < -0.39 is 5.82 Å². The molecule has 4 nitrogen and oxygen atoms in total. The lowest BCUT2D eigenvalue weighted by Crippen LogP contribution is -2.00. The molecule has 0 fully saturated rings. The van der Waals surface area contributed by atoms with E-state index in [9.17, 15) is 4.39 Å². The molecule has 18 heavy (non-hydrogen) atoms. The summed E-state index contributed by atoms with van der Waals surface area (Å²) in [6.45, 7) is 1.77. The minimum atomic E-state index is -0.495. The lowest BCUT2D eigenvalue weighted by molar-refractivity contribution is 0.631. The molecule has 0 aliphatic carbocycles. The van der Waals surface area contributed by atoms with E-state index in [0.29, 0.717) is 17.2 Å².